The first kappa shape index (κ1) is 23.6. The number of benzene rings is 2. The van der Waals surface area contributed by atoms with Crippen LogP contribution in [0.1, 0.15) is 30.0 Å². The minimum absolute atomic E-state index is 0.114. The van der Waals surface area contributed by atoms with Crippen LogP contribution in [0.2, 0.25) is 5.02 Å². The van der Waals surface area contributed by atoms with Crippen molar-refractivity contribution in [1.29, 1.82) is 0 Å². The molecule has 2 aliphatic rings. The average Bonchev–Trinajstić information content (AvgIpc) is 3.17. The van der Waals surface area contributed by atoms with Crippen LogP contribution in [-0.2, 0) is 21.7 Å². The van der Waals surface area contributed by atoms with Crippen molar-refractivity contribution < 1.29 is 24.4 Å². The van der Waals surface area contributed by atoms with Crippen molar-refractivity contribution in [1.82, 2.24) is 4.98 Å². The number of hydrogen-bond acceptors (Lipinski definition) is 7. The van der Waals surface area contributed by atoms with E-state index in [1.54, 1.807) is 6.20 Å². The van der Waals surface area contributed by atoms with Crippen molar-refractivity contribution in [2.24, 2.45) is 0 Å². The van der Waals surface area contributed by atoms with Gasteiger partial charge >= 0.3 is 0 Å². The van der Waals surface area contributed by atoms with Crippen LogP contribution in [0.15, 0.2) is 71.9 Å². The summed E-state index contributed by atoms with van der Waals surface area (Å²) < 4.78 is 18.2. The fourth-order valence-electron chi connectivity index (χ4n) is 4.47. The maximum Gasteiger partial charge on any atom is 0.199 e. The highest BCUT2D eigenvalue weighted by molar-refractivity contribution is 8.00. The molecule has 2 bridgehead atoms. The Balaban J connectivity index is 1.43. The van der Waals surface area contributed by atoms with Gasteiger partial charge in [0.05, 0.1) is 24.3 Å². The van der Waals surface area contributed by atoms with Crippen molar-refractivity contribution >= 4 is 23.4 Å². The summed E-state index contributed by atoms with van der Waals surface area (Å²) in [5.74, 6) is -0.354. The molecular formula is C26H26ClNO5S. The Bertz CT molecular complexity index is 1150. The van der Waals surface area contributed by atoms with Gasteiger partial charge in [-0.15, -0.1) is 0 Å². The zero-order valence-corrected chi connectivity index (χ0v) is 20.3. The molecule has 2 N–H and O–H groups in total. The van der Waals surface area contributed by atoms with E-state index in [4.69, 9.17) is 25.8 Å². The lowest BCUT2D eigenvalue weighted by molar-refractivity contribution is -0.253. The summed E-state index contributed by atoms with van der Waals surface area (Å²) in [7, 11) is 0. The van der Waals surface area contributed by atoms with Crippen molar-refractivity contribution in [2.75, 3.05) is 13.2 Å². The van der Waals surface area contributed by atoms with Gasteiger partial charge in [0.25, 0.3) is 0 Å². The molecule has 0 radical (unpaired) electrons. The predicted molar refractivity (Wildman–Crippen MR) is 130 cm³/mol. The lowest BCUT2D eigenvalue weighted by Gasteiger charge is -2.43. The summed E-state index contributed by atoms with van der Waals surface area (Å²) in [5.41, 5.74) is 2.76. The molecule has 2 aliphatic heterocycles. The molecule has 0 spiro atoms. The van der Waals surface area contributed by atoms with Crippen LogP contribution in [0.3, 0.4) is 0 Å². The molecule has 2 aromatic carbocycles. The Labute approximate surface area is 207 Å². The van der Waals surface area contributed by atoms with Gasteiger partial charge in [0.15, 0.2) is 10.7 Å². The van der Waals surface area contributed by atoms with Crippen LogP contribution in [0.5, 0.6) is 5.75 Å². The smallest absolute Gasteiger partial charge is 0.199 e. The molecular weight excluding hydrogens is 474 g/mol. The Morgan fingerprint density at radius 1 is 1.15 bits per heavy atom. The van der Waals surface area contributed by atoms with Crippen LogP contribution < -0.4 is 4.74 Å². The highest BCUT2D eigenvalue weighted by atomic mass is 35.5. The van der Waals surface area contributed by atoms with Gasteiger partial charge in [-0.05, 0) is 60.9 Å². The lowest BCUT2D eigenvalue weighted by atomic mass is 9.91. The molecule has 0 aliphatic carbocycles. The molecule has 34 heavy (non-hydrogen) atoms. The molecule has 3 heterocycles. The normalized spacial score (nSPS) is 28.1. The molecule has 5 rings (SSSR count). The highest BCUT2D eigenvalue weighted by Crippen LogP contribution is 2.55. The van der Waals surface area contributed by atoms with E-state index in [0.717, 1.165) is 22.4 Å². The molecule has 4 atom stereocenters. The molecule has 3 aromatic rings. The van der Waals surface area contributed by atoms with E-state index in [1.807, 2.05) is 67.6 Å². The zero-order valence-electron chi connectivity index (χ0n) is 18.7. The van der Waals surface area contributed by atoms with E-state index in [0.29, 0.717) is 23.1 Å². The summed E-state index contributed by atoms with van der Waals surface area (Å²) in [6.07, 6.45) is 0.278. The molecule has 1 aromatic heterocycles. The standard InChI is InChI=1S/C26H26ClNO5S/c1-2-31-20-9-6-17(7-10-20)13-18-14-19(8-11-21(18)27)25-15-22(29)24(30)26(33-25,16-32-25)34-23-5-3-4-12-28-23/h3-12,14,22,24,29-30H,2,13,15-16H2,1H3/t22?,24-,25+,26+/m0/s1. The molecule has 1 unspecified atom stereocenters. The summed E-state index contributed by atoms with van der Waals surface area (Å²) in [6.45, 7) is 2.69. The predicted octanol–water partition coefficient (Wildman–Crippen LogP) is 4.54. The zero-order chi connectivity index (χ0) is 23.8. The topological polar surface area (TPSA) is 81.0 Å². The number of thioether (sulfide) groups is 1. The van der Waals surface area contributed by atoms with Gasteiger partial charge in [0, 0.05) is 23.2 Å². The fourth-order valence-corrected chi connectivity index (χ4v) is 5.84. The first-order chi connectivity index (χ1) is 16.4. The van der Waals surface area contributed by atoms with Crippen molar-refractivity contribution in [3.63, 3.8) is 0 Å². The number of aliphatic hydroxyl groups is 2. The third kappa shape index (κ3) is 4.44. The number of aliphatic hydroxyl groups excluding tert-OH is 2. The van der Waals surface area contributed by atoms with Crippen LogP contribution in [0.4, 0.5) is 0 Å². The van der Waals surface area contributed by atoms with Crippen LogP contribution in [0.25, 0.3) is 0 Å². The van der Waals surface area contributed by atoms with E-state index in [9.17, 15) is 10.2 Å². The number of pyridine rings is 1. The quantitative estimate of drug-likeness (QED) is 0.494. The van der Waals surface area contributed by atoms with Gasteiger partial charge < -0.3 is 24.4 Å². The van der Waals surface area contributed by atoms with Crippen LogP contribution in [0, 0.1) is 0 Å². The number of fused-ring (bicyclic) bond motifs is 2. The molecule has 2 saturated heterocycles. The average molecular weight is 500 g/mol. The third-order valence-electron chi connectivity index (χ3n) is 6.17. The minimum atomic E-state index is -1.18. The second-order valence-electron chi connectivity index (χ2n) is 8.50. The Hall–Kier alpha value is -2.13. The number of rotatable bonds is 7. The SMILES string of the molecule is CCOc1ccc(Cc2cc([C@]34CC(O)[C@H](O)[C@](Sc5ccccn5)(CO3)O4)ccc2Cl)cc1. The van der Waals surface area contributed by atoms with E-state index >= 15 is 0 Å². The maximum atomic E-state index is 10.9. The minimum Gasteiger partial charge on any atom is -0.494 e. The van der Waals surface area contributed by atoms with Gasteiger partial charge in [-0.25, -0.2) is 4.98 Å². The number of hydrogen-bond donors (Lipinski definition) is 2. The second-order valence-corrected chi connectivity index (χ2v) is 10.2. The van der Waals surface area contributed by atoms with E-state index in [1.165, 1.54) is 11.8 Å². The van der Waals surface area contributed by atoms with E-state index < -0.39 is 22.9 Å². The molecule has 178 valence electrons. The molecule has 6 nitrogen and oxygen atoms in total. The van der Waals surface area contributed by atoms with E-state index in [2.05, 4.69) is 4.98 Å². The van der Waals surface area contributed by atoms with E-state index in [-0.39, 0.29) is 13.0 Å². The largest absolute Gasteiger partial charge is 0.494 e. The van der Waals surface area contributed by atoms with Gasteiger partial charge in [-0.3, -0.25) is 0 Å². The summed E-state index contributed by atoms with van der Waals surface area (Å²) in [4.78, 5) is 3.17. The van der Waals surface area contributed by atoms with Crippen LogP contribution >= 0.6 is 23.4 Å². The second kappa shape index (κ2) is 9.49. The third-order valence-corrected chi connectivity index (χ3v) is 7.77. The van der Waals surface area contributed by atoms with Gasteiger partial charge in [0.1, 0.15) is 11.9 Å². The molecule has 0 saturated carbocycles. The maximum absolute atomic E-state index is 10.9. The molecule has 2 fully saturated rings. The Morgan fingerprint density at radius 2 is 1.97 bits per heavy atom. The Kier molecular flexibility index (Phi) is 6.59. The van der Waals surface area contributed by atoms with Crippen molar-refractivity contribution in [2.45, 2.75) is 47.7 Å². The Morgan fingerprint density at radius 3 is 2.71 bits per heavy atom. The van der Waals surface area contributed by atoms with Crippen molar-refractivity contribution in [3.8, 4) is 5.75 Å². The molecule has 0 amide bonds. The lowest BCUT2D eigenvalue weighted by Crippen LogP contribution is -2.55. The first-order valence-electron chi connectivity index (χ1n) is 11.2. The monoisotopic (exact) mass is 499 g/mol. The summed E-state index contributed by atoms with van der Waals surface area (Å²) in [6, 6.07) is 19.1. The highest BCUT2D eigenvalue weighted by Gasteiger charge is 2.63. The number of aromatic nitrogens is 1. The van der Waals surface area contributed by atoms with Gasteiger partial charge in [-0.2, -0.15) is 0 Å². The summed E-state index contributed by atoms with van der Waals surface area (Å²) >= 11 is 7.81. The van der Waals surface area contributed by atoms with Gasteiger partial charge in [0.2, 0.25) is 0 Å². The fraction of sp³-hybridized carbons (Fsp3) is 0.346. The first-order valence-corrected chi connectivity index (χ1v) is 12.4. The molecule has 8 heteroatoms. The van der Waals surface area contributed by atoms with Crippen LogP contribution in [-0.4, -0.2) is 45.6 Å². The number of nitrogens with zero attached hydrogens (tertiary/aromatic N) is 1. The number of halogens is 1. The van der Waals surface area contributed by atoms with Crippen molar-refractivity contribution in [3.05, 3.63) is 88.6 Å². The van der Waals surface area contributed by atoms with Gasteiger partial charge in [-0.1, -0.05) is 47.6 Å². The number of ether oxygens (including phenoxy) is 3. The summed E-state index contributed by atoms with van der Waals surface area (Å²) in [5, 5.41) is 23.0.